The van der Waals surface area contributed by atoms with Crippen LogP contribution >= 0.6 is 35.6 Å². The monoisotopic (exact) mass is 425 g/mol. The van der Waals surface area contributed by atoms with Gasteiger partial charge in [0.1, 0.15) is 5.75 Å². The van der Waals surface area contributed by atoms with Gasteiger partial charge in [0.15, 0.2) is 0 Å². The van der Waals surface area contributed by atoms with Gasteiger partial charge in [-0.2, -0.15) is 0 Å². The first-order chi connectivity index (χ1) is 12.6. The predicted octanol–water partition coefficient (Wildman–Crippen LogP) is 6.25. The summed E-state index contributed by atoms with van der Waals surface area (Å²) in [5.74, 6) is 0.388. The molecule has 1 N–H and O–H groups in total. The smallest absolute Gasteiger partial charge is 0.115 e. The summed E-state index contributed by atoms with van der Waals surface area (Å²) in [5.41, 5.74) is 2.75. The topological polar surface area (TPSA) is 23.5 Å². The lowest BCUT2D eigenvalue weighted by Gasteiger charge is -2.51. The van der Waals surface area contributed by atoms with E-state index in [1.807, 2.05) is 30.3 Å². The number of rotatable bonds is 4. The second kappa shape index (κ2) is 8.61. The summed E-state index contributed by atoms with van der Waals surface area (Å²) in [6.45, 7) is 2.16. The van der Waals surface area contributed by atoms with Crippen LogP contribution < -0.4 is 0 Å². The van der Waals surface area contributed by atoms with Crippen LogP contribution in [0.15, 0.2) is 42.5 Å². The number of aromatic hydroxyl groups is 1. The third-order valence-electron chi connectivity index (χ3n) is 6.36. The van der Waals surface area contributed by atoms with Crippen molar-refractivity contribution in [2.24, 2.45) is 0 Å². The van der Waals surface area contributed by atoms with Crippen molar-refractivity contribution in [3.8, 4) is 5.75 Å². The van der Waals surface area contributed by atoms with Gasteiger partial charge in [0.05, 0.1) is 0 Å². The Hall–Kier alpha value is -0.930. The van der Waals surface area contributed by atoms with Gasteiger partial charge in [-0.25, -0.2) is 0 Å². The molecule has 0 amide bonds. The largest absolute Gasteiger partial charge is 0.508 e. The summed E-state index contributed by atoms with van der Waals surface area (Å²) in [5, 5.41) is 11.4. The molecule has 27 heavy (non-hydrogen) atoms. The first-order valence-corrected chi connectivity index (χ1v) is 10.3. The Morgan fingerprint density at radius 1 is 1.11 bits per heavy atom. The molecule has 0 radical (unpaired) electrons. The third-order valence-corrected chi connectivity index (χ3v) is 6.94. The summed E-state index contributed by atoms with van der Waals surface area (Å²) in [6, 6.07) is 14.4. The molecular formula is C22H26Cl3NO. The highest BCUT2D eigenvalue weighted by atomic mass is 35.5. The van der Waals surface area contributed by atoms with Gasteiger partial charge >= 0.3 is 0 Å². The van der Waals surface area contributed by atoms with E-state index < -0.39 is 0 Å². The fourth-order valence-electron chi connectivity index (χ4n) is 4.94. The highest BCUT2D eigenvalue weighted by molar-refractivity contribution is 6.35. The lowest BCUT2D eigenvalue weighted by atomic mass is 9.63. The molecule has 5 heteroatoms. The highest BCUT2D eigenvalue weighted by Gasteiger charge is 2.43. The molecule has 2 bridgehead atoms. The van der Waals surface area contributed by atoms with Gasteiger partial charge in [0.25, 0.3) is 0 Å². The maximum Gasteiger partial charge on any atom is 0.115 e. The van der Waals surface area contributed by atoms with Crippen LogP contribution in [0.5, 0.6) is 5.75 Å². The number of benzene rings is 2. The number of nitrogens with zero attached hydrogens (tertiary/aromatic N) is 1. The predicted molar refractivity (Wildman–Crippen MR) is 116 cm³/mol. The Morgan fingerprint density at radius 3 is 2.74 bits per heavy atom. The summed E-state index contributed by atoms with van der Waals surface area (Å²) in [6.07, 6.45) is 7.11. The first-order valence-electron chi connectivity index (χ1n) is 9.53. The molecule has 0 aromatic heterocycles. The zero-order chi connectivity index (χ0) is 18.1. The number of halogens is 3. The molecule has 146 valence electrons. The van der Waals surface area contributed by atoms with Gasteiger partial charge in [0, 0.05) is 22.6 Å². The normalized spacial score (nSPS) is 25.0. The van der Waals surface area contributed by atoms with Crippen LogP contribution in [0.2, 0.25) is 10.0 Å². The molecule has 2 aromatic carbocycles. The van der Waals surface area contributed by atoms with E-state index in [0.29, 0.717) is 16.8 Å². The standard InChI is InChI=1S/C22H25Cl2NO.ClH/c23-18-7-6-16(21(24)14-18)8-11-25-12-10-22(9-2-4-19(25)15-22)17-3-1-5-20(26)13-17;/h1,3,5-7,13-14,19,26H,2,4,8-12,15H2;1H/t19-,22+;/m1./s1. The Bertz CT molecular complexity index is 797. The van der Waals surface area contributed by atoms with E-state index in [-0.39, 0.29) is 17.8 Å². The van der Waals surface area contributed by atoms with Gasteiger partial charge in [-0.05, 0) is 79.5 Å². The van der Waals surface area contributed by atoms with Gasteiger partial charge in [0.2, 0.25) is 0 Å². The molecule has 2 aromatic rings. The summed E-state index contributed by atoms with van der Waals surface area (Å²) < 4.78 is 0. The number of fused-ring (bicyclic) bond motifs is 2. The van der Waals surface area contributed by atoms with Crippen molar-refractivity contribution in [1.82, 2.24) is 4.90 Å². The number of hydrogen-bond acceptors (Lipinski definition) is 2. The Balaban J connectivity index is 0.00000210. The number of likely N-dealkylation sites (tertiary alicyclic amines) is 1. The van der Waals surface area contributed by atoms with Crippen LogP contribution in [0.25, 0.3) is 0 Å². The van der Waals surface area contributed by atoms with Crippen LogP contribution in [-0.2, 0) is 11.8 Å². The molecule has 4 rings (SSSR count). The first kappa shape index (κ1) is 20.8. The SMILES string of the molecule is Cl.Oc1cccc([C@]23CCC[C@H](C2)N(CCc2ccc(Cl)cc2Cl)CC3)c1. The maximum absolute atomic E-state index is 9.91. The molecule has 2 aliphatic rings. The fraction of sp³-hybridized carbons (Fsp3) is 0.455. The lowest BCUT2D eigenvalue weighted by Crippen LogP contribution is -2.52. The molecule has 1 aliphatic carbocycles. The molecule has 2 nitrogen and oxygen atoms in total. The zero-order valence-electron chi connectivity index (χ0n) is 15.3. The van der Waals surface area contributed by atoms with E-state index in [1.165, 1.54) is 43.2 Å². The molecule has 0 spiro atoms. The molecule has 2 atom stereocenters. The van der Waals surface area contributed by atoms with Crippen LogP contribution in [0, 0.1) is 0 Å². The average molecular weight is 427 g/mol. The number of phenols is 1. The molecule has 1 heterocycles. The van der Waals surface area contributed by atoms with E-state index in [9.17, 15) is 5.11 Å². The highest BCUT2D eigenvalue weighted by Crippen LogP contribution is 2.47. The minimum Gasteiger partial charge on any atom is -0.508 e. The second-order valence-corrected chi connectivity index (χ2v) is 8.70. The molecule has 1 saturated carbocycles. The zero-order valence-corrected chi connectivity index (χ0v) is 17.7. The van der Waals surface area contributed by atoms with Gasteiger partial charge in [-0.3, -0.25) is 4.90 Å². The average Bonchev–Trinajstić information content (AvgIpc) is 2.63. The van der Waals surface area contributed by atoms with E-state index in [4.69, 9.17) is 23.2 Å². The van der Waals surface area contributed by atoms with Crippen LogP contribution in [0.3, 0.4) is 0 Å². The number of piperidine rings is 1. The Morgan fingerprint density at radius 2 is 1.96 bits per heavy atom. The van der Waals surface area contributed by atoms with Gasteiger partial charge < -0.3 is 5.11 Å². The van der Waals surface area contributed by atoms with Gasteiger partial charge in [-0.1, -0.05) is 47.8 Å². The van der Waals surface area contributed by atoms with Crippen LogP contribution in [0.4, 0.5) is 0 Å². The molecule has 1 saturated heterocycles. The minimum atomic E-state index is 0. The summed E-state index contributed by atoms with van der Waals surface area (Å²) >= 11 is 12.3. The van der Waals surface area contributed by atoms with Crippen molar-refractivity contribution in [2.75, 3.05) is 13.1 Å². The second-order valence-electron chi connectivity index (χ2n) is 7.85. The molecule has 0 unspecified atom stereocenters. The van der Waals surface area contributed by atoms with Crippen molar-refractivity contribution in [3.05, 3.63) is 63.6 Å². The minimum absolute atomic E-state index is 0. The van der Waals surface area contributed by atoms with Crippen molar-refractivity contribution in [2.45, 2.75) is 50.0 Å². The van der Waals surface area contributed by atoms with Crippen LogP contribution in [0.1, 0.15) is 43.2 Å². The van der Waals surface area contributed by atoms with Gasteiger partial charge in [-0.15, -0.1) is 12.4 Å². The van der Waals surface area contributed by atoms with Crippen molar-refractivity contribution < 1.29 is 5.11 Å². The quantitative estimate of drug-likeness (QED) is 0.624. The number of hydrogen-bond donors (Lipinski definition) is 1. The van der Waals surface area contributed by atoms with Crippen LogP contribution in [-0.4, -0.2) is 29.1 Å². The molecule has 1 aliphatic heterocycles. The Kier molecular flexibility index (Phi) is 6.63. The third kappa shape index (κ3) is 4.40. The van der Waals surface area contributed by atoms with E-state index in [1.54, 1.807) is 6.07 Å². The van der Waals surface area contributed by atoms with Crippen molar-refractivity contribution in [1.29, 1.82) is 0 Å². The van der Waals surface area contributed by atoms with Crippen molar-refractivity contribution >= 4 is 35.6 Å². The Labute approximate surface area is 177 Å². The van der Waals surface area contributed by atoms with Crippen molar-refractivity contribution in [3.63, 3.8) is 0 Å². The summed E-state index contributed by atoms with van der Waals surface area (Å²) in [7, 11) is 0. The maximum atomic E-state index is 9.91. The molecular weight excluding hydrogens is 401 g/mol. The van der Waals surface area contributed by atoms with E-state index in [2.05, 4.69) is 11.0 Å². The molecule has 2 fully saturated rings. The lowest BCUT2D eigenvalue weighted by molar-refractivity contribution is 0.0524. The number of phenolic OH excluding ortho intramolecular Hbond substituents is 1. The van der Waals surface area contributed by atoms with E-state index >= 15 is 0 Å². The fourth-order valence-corrected chi connectivity index (χ4v) is 5.44. The summed E-state index contributed by atoms with van der Waals surface area (Å²) in [4.78, 5) is 2.64. The van der Waals surface area contributed by atoms with E-state index in [0.717, 1.165) is 24.5 Å².